The zero-order chi connectivity index (χ0) is 17.0. The molecule has 1 heterocycles. The highest BCUT2D eigenvalue weighted by Crippen LogP contribution is 2.22. The van der Waals surface area contributed by atoms with Crippen LogP contribution >= 0.6 is 0 Å². The number of hydrogen-bond donors (Lipinski definition) is 0. The highest BCUT2D eigenvalue weighted by molar-refractivity contribution is 7.86. The van der Waals surface area contributed by atoms with Gasteiger partial charge in [0.05, 0.1) is 5.69 Å². The van der Waals surface area contributed by atoms with Gasteiger partial charge in [-0.3, -0.25) is 0 Å². The summed E-state index contributed by atoms with van der Waals surface area (Å²) >= 11 is 0. The standard InChI is InChI=1S/C18H18FN3OS/c1-2-16-8-10-17(11-9-16)20-24(19,23)22-14-12-21(13-15-22)18-6-4-3-5-7-18/h1,3-11H,12-15H2. The molecule has 124 valence electrons. The number of piperazine rings is 1. The van der Waals surface area contributed by atoms with Gasteiger partial charge >= 0.3 is 0 Å². The predicted octanol–water partition coefficient (Wildman–Crippen LogP) is 3.39. The molecule has 0 radical (unpaired) electrons. The first-order valence-corrected chi connectivity index (χ1v) is 9.04. The van der Waals surface area contributed by atoms with Crippen LogP contribution in [0.1, 0.15) is 5.56 Å². The molecule has 24 heavy (non-hydrogen) atoms. The van der Waals surface area contributed by atoms with E-state index in [-0.39, 0.29) is 0 Å². The highest BCUT2D eigenvalue weighted by Gasteiger charge is 2.25. The number of rotatable bonds is 3. The van der Waals surface area contributed by atoms with Crippen molar-refractivity contribution < 1.29 is 8.09 Å². The smallest absolute Gasteiger partial charge is 0.275 e. The summed E-state index contributed by atoms with van der Waals surface area (Å²) in [5.74, 6) is 2.48. The van der Waals surface area contributed by atoms with Crippen LogP contribution in [0.4, 0.5) is 15.3 Å². The number of anilines is 1. The van der Waals surface area contributed by atoms with Crippen LogP contribution in [-0.4, -0.2) is 34.7 Å². The van der Waals surface area contributed by atoms with Crippen LogP contribution in [0.15, 0.2) is 59.0 Å². The van der Waals surface area contributed by atoms with E-state index >= 15 is 0 Å². The number of terminal acetylenes is 1. The average Bonchev–Trinajstić information content (AvgIpc) is 2.63. The van der Waals surface area contributed by atoms with Gasteiger partial charge in [0.1, 0.15) is 0 Å². The molecule has 1 aliphatic heterocycles. The Morgan fingerprint density at radius 2 is 1.62 bits per heavy atom. The van der Waals surface area contributed by atoms with Gasteiger partial charge in [0.2, 0.25) is 0 Å². The van der Waals surface area contributed by atoms with E-state index in [1.807, 2.05) is 30.3 Å². The summed E-state index contributed by atoms with van der Waals surface area (Å²) in [7, 11) is -3.93. The van der Waals surface area contributed by atoms with Crippen LogP contribution in [-0.2, 0) is 10.3 Å². The van der Waals surface area contributed by atoms with Crippen LogP contribution in [0.25, 0.3) is 0 Å². The summed E-state index contributed by atoms with van der Waals surface area (Å²) in [5.41, 5.74) is 2.09. The summed E-state index contributed by atoms with van der Waals surface area (Å²) in [6.45, 7) is 1.93. The number of para-hydroxylation sites is 1. The minimum atomic E-state index is -3.93. The fourth-order valence-electron chi connectivity index (χ4n) is 2.62. The molecule has 0 aromatic heterocycles. The summed E-state index contributed by atoms with van der Waals surface area (Å²) in [5, 5.41) is 0. The van der Waals surface area contributed by atoms with Gasteiger partial charge in [0.25, 0.3) is 10.3 Å². The maximum absolute atomic E-state index is 14.6. The Kier molecular flexibility index (Phi) is 4.84. The Balaban J connectivity index is 1.71. The Hall–Kier alpha value is -2.36. The summed E-state index contributed by atoms with van der Waals surface area (Å²) in [4.78, 5) is 2.15. The van der Waals surface area contributed by atoms with Gasteiger partial charge in [-0.25, -0.2) is 0 Å². The van der Waals surface area contributed by atoms with E-state index in [0.29, 0.717) is 37.4 Å². The first-order chi connectivity index (χ1) is 11.6. The first kappa shape index (κ1) is 16.5. The van der Waals surface area contributed by atoms with Crippen LogP contribution in [0.3, 0.4) is 0 Å². The molecule has 1 atom stereocenters. The molecule has 6 heteroatoms. The molecule has 0 amide bonds. The number of hydrogen-bond acceptors (Lipinski definition) is 3. The molecule has 1 fully saturated rings. The molecule has 3 rings (SSSR count). The normalized spacial score (nSPS) is 17.8. The van der Waals surface area contributed by atoms with E-state index in [1.165, 1.54) is 4.31 Å². The summed E-state index contributed by atoms with van der Waals surface area (Å²) in [6.07, 6.45) is 5.28. The number of nitrogens with zero attached hydrogens (tertiary/aromatic N) is 3. The van der Waals surface area contributed by atoms with E-state index in [9.17, 15) is 8.09 Å². The third kappa shape index (κ3) is 3.75. The van der Waals surface area contributed by atoms with Crippen LogP contribution in [0.5, 0.6) is 0 Å². The van der Waals surface area contributed by atoms with Gasteiger partial charge in [-0.1, -0.05) is 24.1 Å². The minimum absolute atomic E-state index is 0.326. The zero-order valence-electron chi connectivity index (χ0n) is 13.1. The van der Waals surface area contributed by atoms with Crippen molar-refractivity contribution in [3.8, 4) is 12.3 Å². The molecule has 1 aliphatic rings. The quantitative estimate of drug-likeness (QED) is 0.633. The van der Waals surface area contributed by atoms with E-state index < -0.39 is 10.3 Å². The minimum Gasteiger partial charge on any atom is -0.369 e. The molecule has 2 aromatic carbocycles. The van der Waals surface area contributed by atoms with Crippen molar-refractivity contribution in [3.63, 3.8) is 0 Å². The van der Waals surface area contributed by atoms with Gasteiger partial charge in [-0.2, -0.15) is 12.9 Å². The van der Waals surface area contributed by atoms with Crippen molar-refractivity contribution >= 4 is 21.7 Å². The molecule has 0 spiro atoms. The van der Waals surface area contributed by atoms with Crippen LogP contribution in [0.2, 0.25) is 0 Å². The monoisotopic (exact) mass is 343 g/mol. The van der Waals surface area contributed by atoms with Crippen molar-refractivity contribution in [2.75, 3.05) is 31.1 Å². The van der Waals surface area contributed by atoms with Crippen LogP contribution in [0, 0.1) is 12.3 Å². The lowest BCUT2D eigenvalue weighted by Crippen LogP contribution is -2.47. The van der Waals surface area contributed by atoms with E-state index in [0.717, 1.165) is 5.69 Å². The fourth-order valence-corrected chi connectivity index (χ4v) is 3.73. The lowest BCUT2D eigenvalue weighted by Gasteiger charge is -2.34. The Morgan fingerprint density at radius 3 is 2.21 bits per heavy atom. The Labute approximate surface area is 142 Å². The molecular formula is C18H18FN3OS. The zero-order valence-corrected chi connectivity index (χ0v) is 14.0. The largest absolute Gasteiger partial charge is 0.369 e. The van der Waals surface area contributed by atoms with Crippen molar-refractivity contribution in [1.29, 1.82) is 0 Å². The molecule has 4 nitrogen and oxygen atoms in total. The van der Waals surface area contributed by atoms with E-state index in [4.69, 9.17) is 6.42 Å². The van der Waals surface area contributed by atoms with Crippen molar-refractivity contribution in [3.05, 3.63) is 60.2 Å². The topological polar surface area (TPSA) is 35.9 Å². The highest BCUT2D eigenvalue weighted by atomic mass is 32.3. The van der Waals surface area contributed by atoms with Gasteiger partial charge in [0, 0.05) is 37.4 Å². The summed E-state index contributed by atoms with van der Waals surface area (Å²) < 4.78 is 32.0. The second-order valence-electron chi connectivity index (χ2n) is 5.47. The molecule has 1 unspecified atom stereocenters. The van der Waals surface area contributed by atoms with E-state index in [1.54, 1.807) is 24.3 Å². The third-order valence-corrected chi connectivity index (χ3v) is 5.37. The lowest BCUT2D eigenvalue weighted by molar-refractivity contribution is 0.388. The lowest BCUT2D eigenvalue weighted by atomic mass is 10.2. The number of benzene rings is 2. The third-order valence-electron chi connectivity index (χ3n) is 3.93. The average molecular weight is 343 g/mol. The van der Waals surface area contributed by atoms with Gasteiger partial charge in [-0.05, 0) is 36.4 Å². The Bertz CT molecular complexity index is 844. The predicted molar refractivity (Wildman–Crippen MR) is 95.9 cm³/mol. The van der Waals surface area contributed by atoms with Crippen molar-refractivity contribution in [2.24, 2.45) is 4.36 Å². The molecule has 0 N–H and O–H groups in total. The molecule has 0 aliphatic carbocycles. The second-order valence-corrected chi connectivity index (χ2v) is 7.03. The maximum Gasteiger partial charge on any atom is 0.275 e. The molecular weight excluding hydrogens is 325 g/mol. The number of halogens is 1. The van der Waals surface area contributed by atoms with Crippen LogP contribution < -0.4 is 4.90 Å². The molecule has 2 aromatic rings. The molecule has 0 saturated carbocycles. The van der Waals surface area contributed by atoms with Crippen molar-refractivity contribution in [1.82, 2.24) is 4.31 Å². The van der Waals surface area contributed by atoms with Gasteiger partial charge < -0.3 is 4.90 Å². The van der Waals surface area contributed by atoms with Gasteiger partial charge in [-0.15, -0.1) is 10.3 Å². The van der Waals surface area contributed by atoms with Gasteiger partial charge in [0.15, 0.2) is 0 Å². The maximum atomic E-state index is 14.6. The Morgan fingerprint density at radius 1 is 1.00 bits per heavy atom. The second kappa shape index (κ2) is 7.04. The van der Waals surface area contributed by atoms with Crippen molar-refractivity contribution in [2.45, 2.75) is 0 Å². The first-order valence-electron chi connectivity index (χ1n) is 7.67. The fraction of sp³-hybridized carbons (Fsp3) is 0.222. The SMILES string of the molecule is C#Cc1ccc(N=S(=O)(F)N2CCN(c3ccccc3)CC2)cc1. The molecule has 0 bridgehead atoms. The van der Waals surface area contributed by atoms with E-state index in [2.05, 4.69) is 15.2 Å². The molecule has 1 saturated heterocycles. The summed E-state index contributed by atoms with van der Waals surface area (Å²) in [6, 6.07) is 16.4.